The molecule has 0 amide bonds. The molecule has 2 aromatic rings. The van der Waals surface area contributed by atoms with Gasteiger partial charge in [-0.05, 0) is 49.2 Å². The Labute approximate surface area is 140 Å². The molecular formula is C17H17N3O2S. The zero-order valence-electron chi connectivity index (χ0n) is 12.5. The third kappa shape index (κ3) is 6.36. The second-order valence-corrected chi connectivity index (χ2v) is 5.37. The Morgan fingerprint density at radius 2 is 1.57 bits per heavy atom. The summed E-state index contributed by atoms with van der Waals surface area (Å²) >= 11 is 5.19. The van der Waals surface area contributed by atoms with Gasteiger partial charge in [-0.3, -0.25) is 4.79 Å². The van der Waals surface area contributed by atoms with Crippen LogP contribution in [0.1, 0.15) is 19.3 Å². The van der Waals surface area contributed by atoms with Crippen molar-refractivity contribution in [1.82, 2.24) is 0 Å². The molecule has 0 fully saturated rings. The minimum absolute atomic E-state index is 0.126. The fourth-order valence-electron chi connectivity index (χ4n) is 1.85. The molecule has 0 bridgehead atoms. The number of carbonyl (C=O) groups is 1. The highest BCUT2D eigenvalue weighted by Crippen LogP contribution is 2.20. The Hall–Kier alpha value is -2.60. The maximum atomic E-state index is 10.5. The van der Waals surface area contributed by atoms with Crippen LogP contribution >= 0.6 is 12.2 Å². The Bertz CT molecular complexity index is 685. The molecule has 0 saturated heterocycles. The fraction of sp³-hybridized carbons (Fsp3) is 0.176. The van der Waals surface area contributed by atoms with Crippen LogP contribution in [-0.2, 0) is 4.79 Å². The molecule has 0 aliphatic carbocycles. The number of aliphatic carboxylic acids is 1. The molecule has 0 spiro atoms. The number of rotatable bonds is 7. The number of anilines is 1. The highest BCUT2D eigenvalue weighted by Gasteiger charge is 2.01. The van der Waals surface area contributed by atoms with Crippen molar-refractivity contribution in [2.24, 2.45) is 10.2 Å². The molecule has 2 rings (SSSR count). The first-order valence-corrected chi connectivity index (χ1v) is 7.63. The molecule has 0 aliphatic heterocycles. The van der Waals surface area contributed by atoms with Gasteiger partial charge in [-0.2, -0.15) is 10.2 Å². The number of carboxylic acid groups (broad SMARTS) is 1. The zero-order valence-corrected chi connectivity index (χ0v) is 13.3. The molecule has 2 N–H and O–H groups in total. The van der Waals surface area contributed by atoms with Gasteiger partial charge in [0.15, 0.2) is 0 Å². The number of nitrogens with one attached hydrogen (secondary N) is 1. The largest absolute Gasteiger partial charge is 0.481 e. The molecule has 0 aliphatic rings. The van der Waals surface area contributed by atoms with Gasteiger partial charge in [-0.15, -0.1) is 0 Å². The van der Waals surface area contributed by atoms with Crippen LogP contribution in [-0.4, -0.2) is 16.1 Å². The zero-order chi connectivity index (χ0) is 16.5. The van der Waals surface area contributed by atoms with Gasteiger partial charge in [-0.25, -0.2) is 0 Å². The molecule has 0 unspecified atom stereocenters. The van der Waals surface area contributed by atoms with E-state index in [-0.39, 0.29) is 6.42 Å². The van der Waals surface area contributed by atoms with Gasteiger partial charge < -0.3 is 10.4 Å². The summed E-state index contributed by atoms with van der Waals surface area (Å²) in [6, 6.07) is 16.9. The minimum Gasteiger partial charge on any atom is -0.481 e. The van der Waals surface area contributed by atoms with Crippen molar-refractivity contribution in [2.45, 2.75) is 19.3 Å². The van der Waals surface area contributed by atoms with Crippen LogP contribution in [0.5, 0.6) is 0 Å². The smallest absolute Gasteiger partial charge is 0.303 e. The van der Waals surface area contributed by atoms with Crippen LogP contribution in [0.3, 0.4) is 0 Å². The van der Waals surface area contributed by atoms with E-state index >= 15 is 0 Å². The Morgan fingerprint density at radius 1 is 0.957 bits per heavy atom. The number of benzene rings is 2. The molecule has 0 radical (unpaired) electrons. The lowest BCUT2D eigenvalue weighted by Crippen LogP contribution is -2.09. The molecular weight excluding hydrogens is 310 g/mol. The van der Waals surface area contributed by atoms with Gasteiger partial charge in [-0.1, -0.05) is 30.4 Å². The molecule has 118 valence electrons. The monoisotopic (exact) mass is 327 g/mol. The summed E-state index contributed by atoms with van der Waals surface area (Å²) in [4.78, 5) is 11.1. The molecule has 0 heterocycles. The predicted molar refractivity (Wildman–Crippen MR) is 94.8 cm³/mol. The van der Waals surface area contributed by atoms with E-state index < -0.39 is 5.97 Å². The van der Waals surface area contributed by atoms with Gasteiger partial charge in [0.25, 0.3) is 0 Å². The van der Waals surface area contributed by atoms with E-state index in [0.717, 1.165) is 17.1 Å². The van der Waals surface area contributed by atoms with Gasteiger partial charge in [0.1, 0.15) is 0 Å². The van der Waals surface area contributed by atoms with E-state index in [4.69, 9.17) is 17.3 Å². The Kier molecular flexibility index (Phi) is 6.38. The summed E-state index contributed by atoms with van der Waals surface area (Å²) < 4.78 is 0. The summed E-state index contributed by atoms with van der Waals surface area (Å²) in [6.45, 7) is 0. The first-order chi connectivity index (χ1) is 11.1. The van der Waals surface area contributed by atoms with Gasteiger partial charge in [0.05, 0.1) is 16.4 Å². The number of hydrogen-bond donors (Lipinski definition) is 2. The van der Waals surface area contributed by atoms with Crippen LogP contribution in [0.15, 0.2) is 64.8 Å². The van der Waals surface area contributed by atoms with Crippen molar-refractivity contribution in [3.63, 3.8) is 0 Å². The van der Waals surface area contributed by atoms with Crippen molar-refractivity contribution in [3.05, 3.63) is 54.6 Å². The topological polar surface area (TPSA) is 74.0 Å². The third-order valence-corrected chi connectivity index (χ3v) is 3.29. The highest BCUT2D eigenvalue weighted by atomic mass is 32.1. The number of nitrogens with zero attached hydrogens (tertiary/aromatic N) is 2. The van der Waals surface area contributed by atoms with Crippen molar-refractivity contribution in [1.29, 1.82) is 0 Å². The second-order valence-electron chi connectivity index (χ2n) is 4.88. The van der Waals surface area contributed by atoms with E-state index in [0.29, 0.717) is 17.8 Å². The Balaban J connectivity index is 1.86. The van der Waals surface area contributed by atoms with Crippen LogP contribution in [0, 0.1) is 0 Å². The van der Waals surface area contributed by atoms with Crippen LogP contribution in [0.2, 0.25) is 0 Å². The SMILES string of the molecule is O=C(O)CCCC(=S)Nc1ccc(N=Nc2ccccc2)cc1. The second kappa shape index (κ2) is 8.75. The van der Waals surface area contributed by atoms with E-state index in [1.165, 1.54) is 0 Å². The molecule has 0 aromatic heterocycles. The number of hydrogen-bond acceptors (Lipinski definition) is 4. The Morgan fingerprint density at radius 3 is 2.17 bits per heavy atom. The molecule has 0 saturated carbocycles. The van der Waals surface area contributed by atoms with Crippen molar-refractivity contribution in [3.8, 4) is 0 Å². The summed E-state index contributed by atoms with van der Waals surface area (Å²) in [5.74, 6) is -0.805. The average Bonchev–Trinajstić information content (AvgIpc) is 2.55. The normalized spacial score (nSPS) is 10.6. The van der Waals surface area contributed by atoms with E-state index in [1.807, 2.05) is 54.6 Å². The summed E-state index contributed by atoms with van der Waals surface area (Å²) in [6.07, 6.45) is 1.21. The van der Waals surface area contributed by atoms with Crippen molar-refractivity contribution >= 4 is 40.2 Å². The minimum atomic E-state index is -0.805. The van der Waals surface area contributed by atoms with Crippen LogP contribution < -0.4 is 5.32 Å². The standard InChI is InChI=1S/C17H17N3O2S/c21-17(22)8-4-7-16(23)18-13-9-11-15(12-10-13)20-19-14-5-2-1-3-6-14/h1-3,5-6,9-12H,4,7-8H2,(H,18,23)(H,21,22). The average molecular weight is 327 g/mol. The van der Waals surface area contributed by atoms with Gasteiger partial charge in [0, 0.05) is 12.1 Å². The first kappa shape index (κ1) is 16.8. The number of carboxylic acids is 1. The number of azo groups is 1. The third-order valence-electron chi connectivity index (χ3n) is 2.98. The molecule has 0 atom stereocenters. The quantitative estimate of drug-likeness (QED) is 0.548. The van der Waals surface area contributed by atoms with E-state index in [9.17, 15) is 4.79 Å². The maximum Gasteiger partial charge on any atom is 0.303 e. The molecule has 6 heteroatoms. The molecule has 2 aromatic carbocycles. The molecule has 23 heavy (non-hydrogen) atoms. The van der Waals surface area contributed by atoms with Crippen LogP contribution in [0.25, 0.3) is 0 Å². The van der Waals surface area contributed by atoms with Gasteiger partial charge >= 0.3 is 5.97 Å². The highest BCUT2D eigenvalue weighted by molar-refractivity contribution is 7.80. The number of thiocarbonyl (C=S) groups is 1. The lowest BCUT2D eigenvalue weighted by Gasteiger charge is -2.07. The molecule has 5 nitrogen and oxygen atoms in total. The van der Waals surface area contributed by atoms with Crippen molar-refractivity contribution < 1.29 is 9.90 Å². The van der Waals surface area contributed by atoms with Gasteiger partial charge in [0.2, 0.25) is 0 Å². The van der Waals surface area contributed by atoms with Crippen LogP contribution in [0.4, 0.5) is 17.1 Å². The maximum absolute atomic E-state index is 10.5. The predicted octanol–water partition coefficient (Wildman–Crippen LogP) is 5.10. The van der Waals surface area contributed by atoms with E-state index in [2.05, 4.69) is 15.5 Å². The first-order valence-electron chi connectivity index (χ1n) is 7.22. The van der Waals surface area contributed by atoms with Crippen molar-refractivity contribution in [2.75, 3.05) is 5.32 Å². The lowest BCUT2D eigenvalue weighted by molar-refractivity contribution is -0.137. The van der Waals surface area contributed by atoms with E-state index in [1.54, 1.807) is 0 Å². The lowest BCUT2D eigenvalue weighted by atomic mass is 10.2. The fourth-order valence-corrected chi connectivity index (χ4v) is 2.11. The summed E-state index contributed by atoms with van der Waals surface area (Å²) in [7, 11) is 0. The summed E-state index contributed by atoms with van der Waals surface area (Å²) in [5, 5.41) is 20.0. The summed E-state index contributed by atoms with van der Waals surface area (Å²) in [5.41, 5.74) is 2.40.